The molecule has 33 heavy (non-hydrogen) atoms. The Morgan fingerprint density at radius 2 is 1.82 bits per heavy atom. The normalized spacial score (nSPS) is 10.8. The highest BCUT2D eigenvalue weighted by Gasteiger charge is 2.10. The molecule has 0 saturated carbocycles. The minimum absolute atomic E-state index is 0.251. The van der Waals surface area contributed by atoms with E-state index in [1.807, 2.05) is 37.3 Å². The molecule has 5 nitrogen and oxygen atoms in total. The zero-order chi connectivity index (χ0) is 23.4. The van der Waals surface area contributed by atoms with E-state index in [9.17, 15) is 4.79 Å². The lowest BCUT2D eigenvalue weighted by Crippen LogP contribution is -2.13. The fourth-order valence-electron chi connectivity index (χ4n) is 3.27. The van der Waals surface area contributed by atoms with Gasteiger partial charge in [-0.1, -0.05) is 53.0 Å². The van der Waals surface area contributed by atoms with E-state index in [1.165, 1.54) is 0 Å². The molecule has 0 unspecified atom stereocenters. The number of aryl methyl sites for hydroxylation is 1. The average Bonchev–Trinajstić information content (AvgIpc) is 3.22. The molecule has 0 bridgehead atoms. The number of aromatic nitrogens is 2. The number of ether oxygens (including phenoxy) is 1. The summed E-state index contributed by atoms with van der Waals surface area (Å²) in [6.45, 7) is 2.78. The fraction of sp³-hybridized carbons (Fsp3) is 0.120. The first-order chi connectivity index (χ1) is 15.9. The van der Waals surface area contributed by atoms with Gasteiger partial charge in [0.15, 0.2) is 5.82 Å². The zero-order valence-electron chi connectivity index (χ0n) is 17.7. The lowest BCUT2D eigenvalue weighted by atomic mass is 10.1. The first kappa shape index (κ1) is 23.2. The van der Waals surface area contributed by atoms with Crippen molar-refractivity contribution in [1.82, 2.24) is 9.78 Å². The van der Waals surface area contributed by atoms with Gasteiger partial charge < -0.3 is 10.1 Å². The number of hydrogen-bond donors (Lipinski definition) is 1. The van der Waals surface area contributed by atoms with Crippen LogP contribution in [0.5, 0.6) is 5.75 Å². The highest BCUT2D eigenvalue weighted by atomic mass is 35.5. The Hall–Kier alpha value is -2.99. The molecule has 1 heterocycles. The molecule has 0 saturated heterocycles. The maximum Gasteiger partial charge on any atom is 0.256 e. The summed E-state index contributed by atoms with van der Waals surface area (Å²) in [5.74, 6) is 0.958. The van der Waals surface area contributed by atoms with E-state index in [1.54, 1.807) is 47.3 Å². The van der Waals surface area contributed by atoms with Crippen molar-refractivity contribution in [3.63, 3.8) is 0 Å². The zero-order valence-corrected chi connectivity index (χ0v) is 20.0. The van der Waals surface area contributed by atoms with Crippen molar-refractivity contribution < 1.29 is 9.53 Å². The van der Waals surface area contributed by atoms with Crippen LogP contribution in [-0.4, -0.2) is 15.7 Å². The molecule has 1 amide bonds. The van der Waals surface area contributed by atoms with Crippen LogP contribution in [0.3, 0.4) is 0 Å². The van der Waals surface area contributed by atoms with Crippen LogP contribution in [0.2, 0.25) is 15.1 Å². The largest absolute Gasteiger partial charge is 0.489 e. The van der Waals surface area contributed by atoms with Crippen molar-refractivity contribution in [2.24, 2.45) is 0 Å². The molecule has 0 aliphatic carbocycles. The minimum atomic E-state index is -0.251. The van der Waals surface area contributed by atoms with Gasteiger partial charge in [0.2, 0.25) is 0 Å². The van der Waals surface area contributed by atoms with Gasteiger partial charge in [0.05, 0.1) is 16.6 Å². The van der Waals surface area contributed by atoms with Gasteiger partial charge in [-0.05, 0) is 66.1 Å². The Balaban J connectivity index is 1.38. The SMILES string of the molecule is Cc1cc(Cl)ccc1OCc1cccc(C(=O)Nc2ccn(Cc3ccc(Cl)c(Cl)c3)n2)c1. The molecule has 168 valence electrons. The average molecular weight is 501 g/mol. The number of hydrogen-bond acceptors (Lipinski definition) is 3. The molecule has 0 fully saturated rings. The number of anilines is 1. The summed E-state index contributed by atoms with van der Waals surface area (Å²) < 4.78 is 7.60. The van der Waals surface area contributed by atoms with E-state index in [-0.39, 0.29) is 5.91 Å². The first-order valence-electron chi connectivity index (χ1n) is 10.1. The topological polar surface area (TPSA) is 56.1 Å². The van der Waals surface area contributed by atoms with E-state index in [0.29, 0.717) is 39.6 Å². The maximum absolute atomic E-state index is 12.7. The van der Waals surface area contributed by atoms with Gasteiger partial charge in [0, 0.05) is 22.8 Å². The number of halogens is 3. The molecule has 3 aromatic carbocycles. The van der Waals surface area contributed by atoms with E-state index in [0.717, 1.165) is 22.4 Å². The number of carbonyl (C=O) groups is 1. The molecule has 0 aliphatic heterocycles. The second-order valence-corrected chi connectivity index (χ2v) is 8.75. The smallest absolute Gasteiger partial charge is 0.256 e. The van der Waals surface area contributed by atoms with E-state index in [4.69, 9.17) is 39.5 Å². The van der Waals surface area contributed by atoms with Gasteiger partial charge in [-0.15, -0.1) is 0 Å². The Morgan fingerprint density at radius 1 is 0.970 bits per heavy atom. The Kier molecular flexibility index (Phi) is 7.23. The van der Waals surface area contributed by atoms with Crippen LogP contribution < -0.4 is 10.1 Å². The summed E-state index contributed by atoms with van der Waals surface area (Å²) in [6, 6.07) is 19.9. The predicted octanol–water partition coefficient (Wildman–Crippen LogP) is 7.03. The number of benzene rings is 3. The van der Waals surface area contributed by atoms with Crippen molar-refractivity contribution in [2.45, 2.75) is 20.1 Å². The number of nitrogens with one attached hydrogen (secondary N) is 1. The molecule has 0 spiro atoms. The summed E-state index contributed by atoms with van der Waals surface area (Å²) in [6.07, 6.45) is 1.79. The van der Waals surface area contributed by atoms with Crippen molar-refractivity contribution in [3.8, 4) is 5.75 Å². The molecule has 4 aromatic rings. The lowest BCUT2D eigenvalue weighted by molar-refractivity contribution is 0.102. The second-order valence-electron chi connectivity index (χ2n) is 7.50. The third-order valence-corrected chi connectivity index (χ3v) is 5.91. The minimum Gasteiger partial charge on any atom is -0.489 e. The van der Waals surface area contributed by atoms with Crippen molar-refractivity contribution in [2.75, 3.05) is 5.32 Å². The fourth-order valence-corrected chi connectivity index (χ4v) is 3.82. The van der Waals surface area contributed by atoms with E-state index < -0.39 is 0 Å². The molecule has 1 N–H and O–H groups in total. The summed E-state index contributed by atoms with van der Waals surface area (Å²) in [7, 11) is 0. The second kappa shape index (κ2) is 10.3. The summed E-state index contributed by atoms with van der Waals surface area (Å²) in [4.78, 5) is 12.7. The van der Waals surface area contributed by atoms with Crippen LogP contribution in [0.25, 0.3) is 0 Å². The molecule has 0 aliphatic rings. The van der Waals surface area contributed by atoms with Crippen LogP contribution in [0.4, 0.5) is 5.82 Å². The van der Waals surface area contributed by atoms with E-state index >= 15 is 0 Å². The van der Waals surface area contributed by atoms with Gasteiger partial charge in [0.25, 0.3) is 5.91 Å². The number of carbonyl (C=O) groups excluding carboxylic acids is 1. The van der Waals surface area contributed by atoms with Crippen molar-refractivity contribution in [1.29, 1.82) is 0 Å². The van der Waals surface area contributed by atoms with Gasteiger partial charge >= 0.3 is 0 Å². The van der Waals surface area contributed by atoms with Gasteiger partial charge in [-0.2, -0.15) is 5.10 Å². The Bertz CT molecular complexity index is 1300. The van der Waals surface area contributed by atoms with Gasteiger partial charge in [-0.25, -0.2) is 0 Å². The number of nitrogens with zero attached hydrogens (tertiary/aromatic N) is 2. The lowest BCUT2D eigenvalue weighted by Gasteiger charge is -2.10. The van der Waals surface area contributed by atoms with Gasteiger partial charge in [0.1, 0.15) is 12.4 Å². The molecular weight excluding hydrogens is 481 g/mol. The van der Waals surface area contributed by atoms with Crippen LogP contribution >= 0.6 is 34.8 Å². The quantitative estimate of drug-likeness (QED) is 0.296. The Labute approximate surface area is 206 Å². The maximum atomic E-state index is 12.7. The first-order valence-corrected chi connectivity index (χ1v) is 11.3. The third-order valence-electron chi connectivity index (χ3n) is 4.93. The van der Waals surface area contributed by atoms with Crippen LogP contribution in [-0.2, 0) is 13.2 Å². The number of rotatable bonds is 7. The monoisotopic (exact) mass is 499 g/mol. The third kappa shape index (κ3) is 6.08. The van der Waals surface area contributed by atoms with Crippen LogP contribution in [0.1, 0.15) is 27.0 Å². The molecule has 4 rings (SSSR count). The standard InChI is InChI=1S/C25H20Cl3N3O2/c1-16-11-20(26)6-8-23(16)33-15-18-3-2-4-19(12-18)25(32)29-24-9-10-31(30-24)14-17-5-7-21(27)22(28)13-17/h2-13H,14-15H2,1H3,(H,29,30,32). The van der Waals surface area contributed by atoms with Gasteiger partial charge in [-0.3, -0.25) is 9.48 Å². The van der Waals surface area contributed by atoms with Crippen LogP contribution in [0.15, 0.2) is 72.9 Å². The molecule has 1 aromatic heterocycles. The summed E-state index contributed by atoms with van der Waals surface area (Å²) in [5.41, 5.74) is 3.30. The van der Waals surface area contributed by atoms with Crippen molar-refractivity contribution >= 4 is 46.5 Å². The highest BCUT2D eigenvalue weighted by molar-refractivity contribution is 6.42. The molecule has 8 heteroatoms. The molecular formula is C25H20Cl3N3O2. The predicted molar refractivity (Wildman–Crippen MR) is 133 cm³/mol. The molecule has 0 radical (unpaired) electrons. The summed E-state index contributed by atoms with van der Waals surface area (Å²) >= 11 is 18.0. The van der Waals surface area contributed by atoms with Crippen LogP contribution in [0, 0.1) is 6.92 Å². The van der Waals surface area contributed by atoms with E-state index in [2.05, 4.69) is 10.4 Å². The highest BCUT2D eigenvalue weighted by Crippen LogP contribution is 2.24. The number of amides is 1. The summed E-state index contributed by atoms with van der Waals surface area (Å²) in [5, 5.41) is 8.90. The Morgan fingerprint density at radius 3 is 2.61 bits per heavy atom. The van der Waals surface area contributed by atoms with Crippen molar-refractivity contribution in [3.05, 3.63) is 110 Å². The molecule has 0 atom stereocenters.